The van der Waals surface area contributed by atoms with Crippen molar-refractivity contribution in [1.29, 1.82) is 0 Å². The van der Waals surface area contributed by atoms with Crippen molar-refractivity contribution in [2.24, 2.45) is 17.1 Å². The predicted octanol–water partition coefficient (Wildman–Crippen LogP) is 0.0584. The lowest BCUT2D eigenvalue weighted by atomic mass is 9.86. The van der Waals surface area contributed by atoms with Gasteiger partial charge in [-0.05, 0) is 25.2 Å². The number of aliphatic hydroxyl groups is 1. The molecule has 3 amide bonds. The number of aliphatic hydroxyl groups excluding tert-OH is 1. The summed E-state index contributed by atoms with van der Waals surface area (Å²) < 4.78 is 0. The Morgan fingerprint density at radius 1 is 1.13 bits per heavy atom. The molecular formula is C16H29N3O4. The molecule has 0 saturated heterocycles. The third-order valence-corrected chi connectivity index (χ3v) is 4.23. The van der Waals surface area contributed by atoms with Crippen LogP contribution in [0.2, 0.25) is 0 Å². The maximum absolute atomic E-state index is 12.4. The first-order chi connectivity index (χ1) is 10.5. The molecular weight excluding hydrogens is 298 g/mol. The predicted molar refractivity (Wildman–Crippen MR) is 86.1 cm³/mol. The highest BCUT2D eigenvalue weighted by Crippen LogP contribution is 2.25. The van der Waals surface area contributed by atoms with E-state index >= 15 is 0 Å². The van der Waals surface area contributed by atoms with E-state index in [1.165, 1.54) is 6.92 Å². The van der Waals surface area contributed by atoms with Crippen molar-refractivity contribution < 1.29 is 19.5 Å². The number of rotatable bonds is 6. The number of nitrogens with two attached hydrogens (primary N) is 1. The average molecular weight is 327 g/mol. The van der Waals surface area contributed by atoms with Crippen LogP contribution in [0.25, 0.3) is 0 Å². The SMILES string of the molecule is C[C@H](O)[C@@H](NC(=O)C1CCCC1)C(=O)N[C@H](C(N)=O)C(C)(C)C. The molecule has 23 heavy (non-hydrogen) atoms. The van der Waals surface area contributed by atoms with Crippen LogP contribution in [0.3, 0.4) is 0 Å². The summed E-state index contributed by atoms with van der Waals surface area (Å²) in [5.74, 6) is -1.60. The van der Waals surface area contributed by atoms with Gasteiger partial charge in [-0.3, -0.25) is 14.4 Å². The molecule has 0 spiro atoms. The van der Waals surface area contributed by atoms with Crippen LogP contribution in [0.5, 0.6) is 0 Å². The van der Waals surface area contributed by atoms with Gasteiger partial charge in [-0.25, -0.2) is 0 Å². The minimum absolute atomic E-state index is 0.112. The number of nitrogens with one attached hydrogen (secondary N) is 2. The standard InChI is InChI=1S/C16H29N3O4/c1-9(20)11(18-14(22)10-7-5-6-8-10)15(23)19-12(13(17)21)16(2,3)4/h9-12,20H,5-8H2,1-4H3,(H2,17,21)(H,18,22)(H,19,23)/t9-,11+,12+/m0/s1. The van der Waals surface area contributed by atoms with Crippen LogP contribution < -0.4 is 16.4 Å². The van der Waals surface area contributed by atoms with E-state index < -0.39 is 35.4 Å². The highest BCUT2D eigenvalue weighted by Gasteiger charge is 2.35. The van der Waals surface area contributed by atoms with Gasteiger partial charge in [0.15, 0.2) is 0 Å². The second-order valence-corrected chi connectivity index (χ2v) is 7.42. The van der Waals surface area contributed by atoms with Gasteiger partial charge in [-0.15, -0.1) is 0 Å². The monoisotopic (exact) mass is 327 g/mol. The molecule has 1 fully saturated rings. The largest absolute Gasteiger partial charge is 0.391 e. The first-order valence-electron chi connectivity index (χ1n) is 8.12. The van der Waals surface area contributed by atoms with E-state index in [2.05, 4.69) is 10.6 Å². The summed E-state index contributed by atoms with van der Waals surface area (Å²) in [7, 11) is 0. The number of hydrogen-bond acceptors (Lipinski definition) is 4. The van der Waals surface area contributed by atoms with Crippen LogP contribution in [-0.2, 0) is 14.4 Å². The molecule has 3 atom stereocenters. The minimum Gasteiger partial charge on any atom is -0.391 e. The summed E-state index contributed by atoms with van der Waals surface area (Å²) in [6.07, 6.45) is 2.51. The molecule has 7 heteroatoms. The van der Waals surface area contributed by atoms with Gasteiger partial charge in [0.05, 0.1) is 6.10 Å². The van der Waals surface area contributed by atoms with Crippen LogP contribution in [0.15, 0.2) is 0 Å². The van der Waals surface area contributed by atoms with Gasteiger partial charge < -0.3 is 21.5 Å². The van der Waals surface area contributed by atoms with E-state index in [9.17, 15) is 19.5 Å². The maximum Gasteiger partial charge on any atom is 0.245 e. The van der Waals surface area contributed by atoms with Crippen LogP contribution in [0.1, 0.15) is 53.4 Å². The van der Waals surface area contributed by atoms with Crippen molar-refractivity contribution in [2.75, 3.05) is 0 Å². The van der Waals surface area contributed by atoms with Crippen LogP contribution >= 0.6 is 0 Å². The van der Waals surface area contributed by atoms with Crippen LogP contribution in [-0.4, -0.2) is 41.0 Å². The van der Waals surface area contributed by atoms with Gasteiger partial charge in [0.1, 0.15) is 12.1 Å². The average Bonchev–Trinajstić information content (AvgIpc) is 2.93. The highest BCUT2D eigenvalue weighted by molar-refractivity contribution is 5.92. The molecule has 0 aromatic heterocycles. The van der Waals surface area contributed by atoms with Gasteiger partial charge in [-0.2, -0.15) is 0 Å². The van der Waals surface area contributed by atoms with Crippen molar-refractivity contribution in [3.05, 3.63) is 0 Å². The van der Waals surface area contributed by atoms with Gasteiger partial charge in [-0.1, -0.05) is 33.6 Å². The molecule has 1 aliphatic carbocycles. The van der Waals surface area contributed by atoms with Crippen LogP contribution in [0.4, 0.5) is 0 Å². The Balaban J connectivity index is 2.77. The Hall–Kier alpha value is -1.63. The third kappa shape index (κ3) is 5.49. The van der Waals surface area contributed by atoms with E-state index in [0.29, 0.717) is 0 Å². The van der Waals surface area contributed by atoms with Crippen molar-refractivity contribution in [3.8, 4) is 0 Å². The molecule has 1 rings (SSSR count). The molecule has 0 aliphatic heterocycles. The normalized spacial score (nSPS) is 19.7. The third-order valence-electron chi connectivity index (χ3n) is 4.23. The van der Waals surface area contributed by atoms with Crippen LogP contribution in [0, 0.1) is 11.3 Å². The molecule has 0 unspecified atom stereocenters. The number of primary amides is 1. The lowest BCUT2D eigenvalue weighted by Crippen LogP contribution is -2.60. The fourth-order valence-corrected chi connectivity index (χ4v) is 2.81. The topological polar surface area (TPSA) is 122 Å². The number of amides is 3. The fraction of sp³-hybridized carbons (Fsp3) is 0.812. The number of hydrogen-bond donors (Lipinski definition) is 4. The van der Waals surface area contributed by atoms with Gasteiger partial charge in [0, 0.05) is 5.92 Å². The minimum atomic E-state index is -1.10. The summed E-state index contributed by atoms with van der Waals surface area (Å²) in [6, 6.07) is -1.99. The maximum atomic E-state index is 12.4. The Morgan fingerprint density at radius 3 is 2.04 bits per heavy atom. The van der Waals surface area contributed by atoms with Crippen molar-refractivity contribution >= 4 is 17.7 Å². The Morgan fingerprint density at radius 2 is 1.65 bits per heavy atom. The molecule has 5 N–H and O–H groups in total. The molecule has 7 nitrogen and oxygen atoms in total. The molecule has 132 valence electrons. The molecule has 0 radical (unpaired) electrons. The summed E-state index contributed by atoms with van der Waals surface area (Å²) in [5, 5.41) is 15.0. The van der Waals surface area contributed by atoms with E-state index in [4.69, 9.17) is 5.73 Å². The van der Waals surface area contributed by atoms with Gasteiger partial charge >= 0.3 is 0 Å². The Kier molecular flexibility index (Phi) is 6.56. The second-order valence-electron chi connectivity index (χ2n) is 7.42. The molecule has 1 saturated carbocycles. The highest BCUT2D eigenvalue weighted by atomic mass is 16.3. The lowest BCUT2D eigenvalue weighted by molar-refractivity contribution is -0.136. The molecule has 0 aromatic carbocycles. The summed E-state index contributed by atoms with van der Waals surface area (Å²) in [5.41, 5.74) is 4.78. The molecule has 0 heterocycles. The Labute approximate surface area is 137 Å². The van der Waals surface area contributed by atoms with Crippen molar-refractivity contribution in [1.82, 2.24) is 10.6 Å². The molecule has 0 aromatic rings. The summed E-state index contributed by atoms with van der Waals surface area (Å²) in [6.45, 7) is 6.75. The van der Waals surface area contributed by atoms with Crippen molar-refractivity contribution in [3.63, 3.8) is 0 Å². The molecule has 0 bridgehead atoms. The first-order valence-corrected chi connectivity index (χ1v) is 8.12. The first kappa shape index (κ1) is 19.4. The zero-order valence-electron chi connectivity index (χ0n) is 14.4. The van der Waals surface area contributed by atoms with E-state index in [1.807, 2.05) is 0 Å². The fourth-order valence-electron chi connectivity index (χ4n) is 2.81. The van der Waals surface area contributed by atoms with Gasteiger partial charge in [0.2, 0.25) is 17.7 Å². The zero-order chi connectivity index (χ0) is 17.8. The molecule has 1 aliphatic rings. The summed E-state index contributed by atoms with van der Waals surface area (Å²) >= 11 is 0. The van der Waals surface area contributed by atoms with E-state index in [1.54, 1.807) is 20.8 Å². The zero-order valence-corrected chi connectivity index (χ0v) is 14.4. The number of carbonyl (C=O) groups is 3. The lowest BCUT2D eigenvalue weighted by Gasteiger charge is -2.31. The smallest absolute Gasteiger partial charge is 0.245 e. The van der Waals surface area contributed by atoms with E-state index in [0.717, 1.165) is 25.7 Å². The van der Waals surface area contributed by atoms with Crippen molar-refractivity contribution in [2.45, 2.75) is 71.6 Å². The van der Waals surface area contributed by atoms with E-state index in [-0.39, 0.29) is 11.8 Å². The number of carbonyl (C=O) groups excluding carboxylic acids is 3. The Bertz CT molecular complexity index is 451. The quantitative estimate of drug-likeness (QED) is 0.551. The summed E-state index contributed by atoms with van der Waals surface area (Å²) in [4.78, 5) is 36.2. The second kappa shape index (κ2) is 7.77. The van der Waals surface area contributed by atoms with Gasteiger partial charge in [0.25, 0.3) is 0 Å².